The number of hydrogen-bond donors (Lipinski definition) is 1. The summed E-state index contributed by atoms with van der Waals surface area (Å²) in [6.45, 7) is 13.2. The zero-order valence-electron chi connectivity index (χ0n) is 27.3. The Bertz CT molecular complexity index is 1350. The third-order valence-electron chi connectivity index (χ3n) is 7.83. The highest BCUT2D eigenvalue weighted by atomic mass is 16.6. The van der Waals surface area contributed by atoms with E-state index in [-0.39, 0.29) is 60.0 Å². The van der Waals surface area contributed by atoms with Crippen LogP contribution in [0.4, 0.5) is 0 Å². The molecule has 0 atom stereocenters. The van der Waals surface area contributed by atoms with Gasteiger partial charge in [0, 0.05) is 30.2 Å². The number of fused-ring (bicyclic) bond motifs is 1. The van der Waals surface area contributed by atoms with Crippen LogP contribution in [0.3, 0.4) is 0 Å². The monoisotopic (exact) mass is 615 g/mol. The second kappa shape index (κ2) is 15.0. The van der Waals surface area contributed by atoms with E-state index in [1.165, 1.54) is 4.52 Å². The standard InChI is InChI=1S/C17H23N3O3.C16H26O5/c1-17(2,3)23-16(22)12-6-4-11(5-7-12)13-10-15(21)20-14(19-13)8-9-18-20;1-5-20-14(18)10-13(17)11-6-8-12(9-7-11)15(19)21-16(2,3)4/h8-12,18H,4-7H2,1-3H3;11-12H,5-10H2,1-4H3. The summed E-state index contributed by atoms with van der Waals surface area (Å²) < 4.78 is 17.1. The summed E-state index contributed by atoms with van der Waals surface area (Å²) in [5, 5.41) is 2.84. The molecule has 2 fully saturated rings. The zero-order chi connectivity index (χ0) is 32.7. The Labute approximate surface area is 259 Å². The van der Waals surface area contributed by atoms with Gasteiger partial charge in [0.15, 0.2) is 5.65 Å². The largest absolute Gasteiger partial charge is 0.466 e. The molecule has 11 heteroatoms. The van der Waals surface area contributed by atoms with Crippen LogP contribution in [-0.2, 0) is 33.4 Å². The smallest absolute Gasteiger partial charge is 0.313 e. The third kappa shape index (κ3) is 10.6. The average Bonchev–Trinajstić information content (AvgIpc) is 3.41. The number of esters is 3. The first-order chi connectivity index (χ1) is 20.6. The Morgan fingerprint density at radius 1 is 0.841 bits per heavy atom. The van der Waals surface area contributed by atoms with Crippen LogP contribution in [0.5, 0.6) is 0 Å². The van der Waals surface area contributed by atoms with Crippen molar-refractivity contribution in [1.29, 1.82) is 0 Å². The number of carbonyl (C=O) groups excluding carboxylic acids is 4. The molecule has 0 spiro atoms. The molecule has 2 saturated carbocycles. The number of H-pyrrole nitrogens is 1. The molecule has 11 nitrogen and oxygen atoms in total. The van der Waals surface area contributed by atoms with Gasteiger partial charge in [0.2, 0.25) is 0 Å². The average molecular weight is 616 g/mol. The van der Waals surface area contributed by atoms with Gasteiger partial charge in [-0.25, -0.2) is 9.50 Å². The van der Waals surface area contributed by atoms with Crippen LogP contribution in [0, 0.1) is 17.8 Å². The molecule has 0 aromatic carbocycles. The van der Waals surface area contributed by atoms with Crippen molar-refractivity contribution in [2.45, 2.75) is 123 Å². The third-order valence-corrected chi connectivity index (χ3v) is 7.83. The number of carbonyl (C=O) groups is 4. The molecule has 2 aromatic heterocycles. The first kappa shape index (κ1) is 35.0. The van der Waals surface area contributed by atoms with Gasteiger partial charge < -0.3 is 14.2 Å². The van der Waals surface area contributed by atoms with E-state index in [1.54, 1.807) is 25.3 Å². The molecular weight excluding hydrogens is 566 g/mol. The summed E-state index contributed by atoms with van der Waals surface area (Å²) in [4.78, 5) is 64.0. The van der Waals surface area contributed by atoms with Crippen LogP contribution >= 0.6 is 0 Å². The Balaban J connectivity index is 0.000000242. The molecule has 244 valence electrons. The molecule has 2 heterocycles. The molecule has 2 aliphatic rings. The van der Waals surface area contributed by atoms with Gasteiger partial charge in [-0.2, -0.15) is 0 Å². The molecule has 1 N–H and O–H groups in total. The molecule has 0 radical (unpaired) electrons. The van der Waals surface area contributed by atoms with Crippen molar-refractivity contribution in [3.05, 3.63) is 34.4 Å². The number of aromatic amines is 1. The lowest BCUT2D eigenvalue weighted by Gasteiger charge is -2.29. The summed E-state index contributed by atoms with van der Waals surface area (Å²) in [6, 6.07) is 3.39. The van der Waals surface area contributed by atoms with Crippen LogP contribution in [0.25, 0.3) is 5.65 Å². The molecule has 4 rings (SSSR count). The van der Waals surface area contributed by atoms with E-state index in [0.717, 1.165) is 31.4 Å². The SMILES string of the molecule is CC(C)(C)OC(=O)C1CCC(c2cc(=O)n3[nH]ccc3n2)CC1.CCOC(=O)CC(=O)C1CCC(C(=O)OC(C)(C)C)CC1. The molecule has 0 unspecified atom stereocenters. The normalized spacial score (nSPS) is 22.3. The number of nitrogens with one attached hydrogen (secondary N) is 1. The molecule has 0 aliphatic heterocycles. The van der Waals surface area contributed by atoms with Crippen LogP contribution in [-0.4, -0.2) is 56.1 Å². The van der Waals surface area contributed by atoms with Gasteiger partial charge in [-0.1, -0.05) is 0 Å². The van der Waals surface area contributed by atoms with Gasteiger partial charge >= 0.3 is 17.9 Å². The van der Waals surface area contributed by atoms with Gasteiger partial charge in [-0.3, -0.25) is 29.1 Å². The Morgan fingerprint density at radius 2 is 1.34 bits per heavy atom. The lowest BCUT2D eigenvalue weighted by Crippen LogP contribution is -2.32. The summed E-state index contributed by atoms with van der Waals surface area (Å²) in [5.41, 5.74) is 0.459. The molecule has 0 bridgehead atoms. The zero-order valence-corrected chi connectivity index (χ0v) is 27.3. The van der Waals surface area contributed by atoms with Crippen molar-refractivity contribution in [2.75, 3.05) is 6.61 Å². The second-order valence-corrected chi connectivity index (χ2v) is 13.8. The summed E-state index contributed by atoms with van der Waals surface area (Å²) in [7, 11) is 0. The van der Waals surface area contributed by atoms with Crippen molar-refractivity contribution in [3.63, 3.8) is 0 Å². The fourth-order valence-electron chi connectivity index (χ4n) is 5.70. The number of hydrogen-bond acceptors (Lipinski definition) is 9. The highest BCUT2D eigenvalue weighted by molar-refractivity contribution is 5.96. The van der Waals surface area contributed by atoms with E-state index in [0.29, 0.717) is 31.3 Å². The van der Waals surface area contributed by atoms with Crippen molar-refractivity contribution in [3.8, 4) is 0 Å². The first-order valence-corrected chi connectivity index (χ1v) is 15.8. The van der Waals surface area contributed by atoms with Crippen molar-refractivity contribution in [1.82, 2.24) is 14.6 Å². The minimum absolute atomic E-state index is 0.0393. The van der Waals surface area contributed by atoms with Crippen LogP contribution in [0.1, 0.15) is 118 Å². The quantitative estimate of drug-likeness (QED) is 0.249. The maximum Gasteiger partial charge on any atom is 0.313 e. The molecule has 0 amide bonds. The second-order valence-electron chi connectivity index (χ2n) is 13.8. The van der Waals surface area contributed by atoms with E-state index in [1.807, 2.05) is 41.5 Å². The number of ketones is 1. The fraction of sp³-hybridized carbons (Fsp3) is 0.697. The van der Waals surface area contributed by atoms with Crippen molar-refractivity contribution >= 4 is 29.3 Å². The highest BCUT2D eigenvalue weighted by Gasteiger charge is 2.33. The maximum absolute atomic E-state index is 12.2. The van der Waals surface area contributed by atoms with Gasteiger partial charge in [0.05, 0.1) is 24.1 Å². The van der Waals surface area contributed by atoms with Crippen molar-refractivity contribution < 1.29 is 33.4 Å². The van der Waals surface area contributed by atoms with E-state index in [4.69, 9.17) is 14.2 Å². The van der Waals surface area contributed by atoms with Crippen molar-refractivity contribution in [2.24, 2.45) is 17.8 Å². The van der Waals surface area contributed by atoms with Crippen LogP contribution in [0.15, 0.2) is 23.1 Å². The molecule has 0 saturated heterocycles. The summed E-state index contributed by atoms with van der Waals surface area (Å²) in [6.07, 6.45) is 7.41. The lowest BCUT2D eigenvalue weighted by molar-refractivity contribution is -0.162. The van der Waals surface area contributed by atoms with E-state index in [9.17, 15) is 24.0 Å². The fourth-order valence-corrected chi connectivity index (χ4v) is 5.70. The molecule has 2 aromatic rings. The number of aromatic nitrogens is 3. The maximum atomic E-state index is 12.2. The molecular formula is C33H49N3O8. The number of nitrogens with zero attached hydrogens (tertiary/aromatic N) is 2. The Hall–Kier alpha value is -3.50. The Kier molecular flexibility index (Phi) is 11.9. The topological polar surface area (TPSA) is 146 Å². The number of ether oxygens (including phenoxy) is 3. The van der Waals surface area contributed by atoms with Gasteiger partial charge in [0.1, 0.15) is 23.4 Å². The van der Waals surface area contributed by atoms with E-state index in [2.05, 4.69) is 10.1 Å². The molecule has 44 heavy (non-hydrogen) atoms. The first-order valence-electron chi connectivity index (χ1n) is 15.8. The highest BCUT2D eigenvalue weighted by Crippen LogP contribution is 2.36. The van der Waals surface area contributed by atoms with E-state index >= 15 is 0 Å². The van der Waals surface area contributed by atoms with Gasteiger partial charge in [-0.15, -0.1) is 0 Å². The predicted octanol–water partition coefficient (Wildman–Crippen LogP) is 5.29. The van der Waals surface area contributed by atoms with E-state index < -0.39 is 17.2 Å². The predicted molar refractivity (Wildman–Crippen MR) is 164 cm³/mol. The summed E-state index contributed by atoms with van der Waals surface area (Å²) in [5.74, 6) is -0.885. The number of Topliss-reactive ketones (excluding diaryl/α,β-unsaturated/α-hetero) is 1. The Morgan fingerprint density at radius 3 is 1.84 bits per heavy atom. The lowest BCUT2D eigenvalue weighted by atomic mass is 9.79. The minimum Gasteiger partial charge on any atom is -0.466 e. The minimum atomic E-state index is -0.479. The van der Waals surface area contributed by atoms with Crippen LogP contribution < -0.4 is 5.56 Å². The van der Waals surface area contributed by atoms with Gasteiger partial charge in [-0.05, 0) is 99.8 Å². The number of rotatable bonds is 7. The van der Waals surface area contributed by atoms with Gasteiger partial charge in [0.25, 0.3) is 5.56 Å². The molecule has 2 aliphatic carbocycles. The van der Waals surface area contributed by atoms with Crippen LogP contribution in [0.2, 0.25) is 0 Å². The summed E-state index contributed by atoms with van der Waals surface area (Å²) >= 11 is 0.